The van der Waals surface area contributed by atoms with Crippen LogP contribution in [0, 0.1) is 11.8 Å². The van der Waals surface area contributed by atoms with Gasteiger partial charge in [-0.3, -0.25) is 4.79 Å². The van der Waals surface area contributed by atoms with Crippen LogP contribution in [0.15, 0.2) is 12.1 Å². The van der Waals surface area contributed by atoms with E-state index in [4.69, 9.17) is 11.6 Å². The van der Waals surface area contributed by atoms with Gasteiger partial charge in [0.05, 0.1) is 6.61 Å². The minimum Gasteiger partial charge on any atom is -0.505 e. The van der Waals surface area contributed by atoms with Gasteiger partial charge < -0.3 is 9.84 Å². The van der Waals surface area contributed by atoms with Crippen LogP contribution in [0.25, 0.3) is 0 Å². The normalized spacial score (nSPS) is 9.12. The molecule has 0 aliphatic rings. The van der Waals surface area contributed by atoms with Crippen LogP contribution in [0.2, 0.25) is 5.15 Å². The molecule has 0 spiro atoms. The Balaban J connectivity index is 2.69. The van der Waals surface area contributed by atoms with E-state index in [1.165, 1.54) is 12.1 Å². The van der Waals surface area contributed by atoms with Crippen molar-refractivity contribution in [2.45, 2.75) is 13.3 Å². The quantitative estimate of drug-likeness (QED) is 0.485. The van der Waals surface area contributed by atoms with Crippen molar-refractivity contribution >= 4 is 17.6 Å². The topological polar surface area (TPSA) is 59.4 Å². The number of carbonyl (C=O) groups is 1. The number of hydrogen-bond donors (Lipinski definition) is 1. The lowest BCUT2D eigenvalue weighted by molar-refractivity contribution is -0.141. The fourth-order valence-corrected chi connectivity index (χ4v) is 1.08. The molecule has 84 valence electrons. The SMILES string of the molecule is CCOC(=O)CC#Cc1nc(Cl)ccc1O. The van der Waals surface area contributed by atoms with Gasteiger partial charge in [-0.05, 0) is 25.0 Å². The van der Waals surface area contributed by atoms with Crippen molar-refractivity contribution in [1.29, 1.82) is 0 Å². The third-order valence-corrected chi connectivity index (χ3v) is 1.80. The van der Waals surface area contributed by atoms with E-state index in [1.807, 2.05) is 0 Å². The molecule has 1 aromatic heterocycles. The molecule has 0 amide bonds. The number of ether oxygens (including phenoxy) is 1. The van der Waals surface area contributed by atoms with Crippen molar-refractivity contribution in [1.82, 2.24) is 4.98 Å². The summed E-state index contributed by atoms with van der Waals surface area (Å²) in [6.45, 7) is 2.04. The molecule has 16 heavy (non-hydrogen) atoms. The van der Waals surface area contributed by atoms with E-state index in [1.54, 1.807) is 6.92 Å². The average molecular weight is 240 g/mol. The zero-order chi connectivity index (χ0) is 12.0. The summed E-state index contributed by atoms with van der Waals surface area (Å²) in [4.78, 5) is 14.8. The minimum absolute atomic E-state index is 0.0402. The Morgan fingerprint density at radius 1 is 1.62 bits per heavy atom. The third kappa shape index (κ3) is 3.79. The number of hydrogen-bond acceptors (Lipinski definition) is 4. The lowest BCUT2D eigenvalue weighted by Crippen LogP contribution is -2.01. The number of aromatic hydroxyl groups is 1. The lowest BCUT2D eigenvalue weighted by Gasteiger charge is -1.96. The monoisotopic (exact) mass is 239 g/mol. The Bertz CT molecular complexity index is 448. The van der Waals surface area contributed by atoms with Gasteiger partial charge in [-0.1, -0.05) is 17.5 Å². The second-order valence-electron chi connectivity index (χ2n) is 2.79. The van der Waals surface area contributed by atoms with Gasteiger partial charge in [-0.15, -0.1) is 0 Å². The van der Waals surface area contributed by atoms with Crippen molar-refractivity contribution in [3.05, 3.63) is 23.0 Å². The molecule has 0 radical (unpaired) electrons. The van der Waals surface area contributed by atoms with Crippen LogP contribution in [-0.4, -0.2) is 22.7 Å². The molecule has 1 N–H and O–H groups in total. The summed E-state index contributed by atoms with van der Waals surface area (Å²) in [5.41, 5.74) is 0.150. The van der Waals surface area contributed by atoms with Gasteiger partial charge in [0.15, 0.2) is 5.69 Å². The smallest absolute Gasteiger partial charge is 0.317 e. The maximum Gasteiger partial charge on any atom is 0.317 e. The Hall–Kier alpha value is -1.73. The molecule has 0 unspecified atom stereocenters. The zero-order valence-electron chi connectivity index (χ0n) is 8.66. The van der Waals surface area contributed by atoms with Gasteiger partial charge >= 0.3 is 5.97 Å². The molecule has 0 bridgehead atoms. The van der Waals surface area contributed by atoms with Crippen LogP contribution in [0.3, 0.4) is 0 Å². The number of aromatic nitrogens is 1. The van der Waals surface area contributed by atoms with E-state index in [-0.39, 0.29) is 23.0 Å². The van der Waals surface area contributed by atoms with Crippen LogP contribution in [0.1, 0.15) is 19.0 Å². The van der Waals surface area contributed by atoms with Crippen LogP contribution in [0.5, 0.6) is 5.75 Å². The summed E-state index contributed by atoms with van der Waals surface area (Å²) < 4.78 is 4.68. The molecule has 1 aromatic rings. The van der Waals surface area contributed by atoms with Gasteiger partial charge in [0, 0.05) is 0 Å². The number of halogens is 1. The molecular formula is C11H10ClNO3. The first-order chi connectivity index (χ1) is 7.63. The first-order valence-corrected chi connectivity index (χ1v) is 5.01. The number of nitrogens with zero attached hydrogens (tertiary/aromatic N) is 1. The van der Waals surface area contributed by atoms with Crippen molar-refractivity contribution in [2.24, 2.45) is 0 Å². The second-order valence-corrected chi connectivity index (χ2v) is 3.17. The van der Waals surface area contributed by atoms with E-state index in [0.29, 0.717) is 6.61 Å². The standard InChI is InChI=1S/C11H10ClNO3/c1-2-16-11(15)5-3-4-8-9(14)6-7-10(12)13-8/h6-7,14H,2,5H2,1H3. The molecule has 4 nitrogen and oxygen atoms in total. The molecule has 0 aromatic carbocycles. The molecule has 1 heterocycles. The van der Waals surface area contributed by atoms with E-state index in [2.05, 4.69) is 21.6 Å². The number of rotatable bonds is 2. The Labute approximate surface area is 98.2 Å². The summed E-state index contributed by atoms with van der Waals surface area (Å²) in [5.74, 6) is 4.62. The van der Waals surface area contributed by atoms with Crippen molar-refractivity contribution in [2.75, 3.05) is 6.61 Å². The minimum atomic E-state index is -0.406. The van der Waals surface area contributed by atoms with Crippen LogP contribution >= 0.6 is 11.6 Å². The highest BCUT2D eigenvalue weighted by Crippen LogP contribution is 2.16. The summed E-state index contributed by atoms with van der Waals surface area (Å²) >= 11 is 5.63. The number of esters is 1. The lowest BCUT2D eigenvalue weighted by atomic mass is 10.3. The van der Waals surface area contributed by atoms with E-state index in [0.717, 1.165) is 0 Å². The summed E-state index contributed by atoms with van der Waals surface area (Å²) in [7, 11) is 0. The van der Waals surface area contributed by atoms with Crippen molar-refractivity contribution in [3.63, 3.8) is 0 Å². The maximum atomic E-state index is 11.0. The van der Waals surface area contributed by atoms with Gasteiger partial charge in [-0.2, -0.15) is 0 Å². The van der Waals surface area contributed by atoms with Crippen LogP contribution in [-0.2, 0) is 9.53 Å². The molecule has 0 saturated carbocycles. The first kappa shape index (κ1) is 12.3. The second kappa shape index (κ2) is 5.99. The van der Waals surface area contributed by atoms with Gasteiger partial charge in [0.25, 0.3) is 0 Å². The van der Waals surface area contributed by atoms with E-state index >= 15 is 0 Å². The molecule has 1 rings (SSSR count). The van der Waals surface area contributed by atoms with Crippen LogP contribution < -0.4 is 0 Å². The summed E-state index contributed by atoms with van der Waals surface area (Å²) in [6, 6.07) is 2.84. The highest BCUT2D eigenvalue weighted by molar-refractivity contribution is 6.29. The molecule has 0 aliphatic carbocycles. The van der Waals surface area contributed by atoms with Crippen molar-refractivity contribution < 1.29 is 14.6 Å². The highest BCUT2D eigenvalue weighted by atomic mass is 35.5. The van der Waals surface area contributed by atoms with E-state index < -0.39 is 5.97 Å². The van der Waals surface area contributed by atoms with Gasteiger partial charge in [0.2, 0.25) is 0 Å². The fraction of sp³-hybridized carbons (Fsp3) is 0.273. The average Bonchev–Trinajstić information content (AvgIpc) is 2.23. The molecule has 0 atom stereocenters. The first-order valence-electron chi connectivity index (χ1n) is 4.63. The Morgan fingerprint density at radius 2 is 2.38 bits per heavy atom. The molecule has 0 saturated heterocycles. The van der Waals surface area contributed by atoms with Crippen molar-refractivity contribution in [3.8, 4) is 17.6 Å². The molecule has 5 heteroatoms. The number of carbonyl (C=O) groups excluding carboxylic acids is 1. The maximum absolute atomic E-state index is 11.0. The summed E-state index contributed by atoms with van der Waals surface area (Å²) in [6.07, 6.45) is -0.0402. The summed E-state index contributed by atoms with van der Waals surface area (Å²) in [5, 5.41) is 9.60. The highest BCUT2D eigenvalue weighted by Gasteiger charge is 2.01. The Morgan fingerprint density at radius 3 is 3.06 bits per heavy atom. The molecule has 0 aliphatic heterocycles. The number of pyridine rings is 1. The largest absolute Gasteiger partial charge is 0.505 e. The predicted molar refractivity (Wildman–Crippen MR) is 59.0 cm³/mol. The van der Waals surface area contributed by atoms with Gasteiger partial charge in [-0.25, -0.2) is 4.98 Å². The molecule has 0 fully saturated rings. The van der Waals surface area contributed by atoms with Gasteiger partial charge in [0.1, 0.15) is 17.3 Å². The van der Waals surface area contributed by atoms with Crippen LogP contribution in [0.4, 0.5) is 0 Å². The molecular weight excluding hydrogens is 230 g/mol. The Kier molecular flexibility index (Phi) is 4.62. The fourth-order valence-electron chi connectivity index (χ4n) is 0.932. The van der Waals surface area contributed by atoms with E-state index in [9.17, 15) is 9.90 Å². The predicted octanol–water partition coefficient (Wildman–Crippen LogP) is 1.75. The third-order valence-electron chi connectivity index (χ3n) is 1.58. The zero-order valence-corrected chi connectivity index (χ0v) is 9.41.